The summed E-state index contributed by atoms with van der Waals surface area (Å²) in [7, 11) is 0. The summed E-state index contributed by atoms with van der Waals surface area (Å²) in [5, 5.41) is -27.0. The van der Waals surface area contributed by atoms with Crippen LogP contribution in [0.2, 0.25) is 0 Å². The molecule has 1 saturated carbocycles. The predicted molar refractivity (Wildman–Crippen MR) is 348 cm³/mol. The summed E-state index contributed by atoms with van der Waals surface area (Å²) in [5.41, 5.74) is -156. The zero-order valence-electron chi connectivity index (χ0n) is 57.9. The molecule has 12 atom stereocenters. The maximum absolute atomic E-state index is 20.4. The average molecular weight is 1690 g/mol. The van der Waals surface area contributed by atoms with Crippen molar-refractivity contribution in [1.29, 1.82) is 0 Å². The molecule has 26 aliphatic carbocycles. The van der Waals surface area contributed by atoms with E-state index in [-0.39, 0.29) is 0 Å². The van der Waals surface area contributed by atoms with Gasteiger partial charge >= 0.3 is 73.7 Å². The van der Waals surface area contributed by atoms with E-state index in [1.165, 1.54) is 0 Å². The van der Waals surface area contributed by atoms with Crippen molar-refractivity contribution in [2.75, 3.05) is 13.2 Å². The molecule has 121 heavy (non-hydrogen) atoms. The SMILES string of the molecule is CCOC(=O)C1(C(=O)OCC)C23c4c5c6c7c8c9c%10c%11c%12c%13c(c2c%11c48)-c2c4c8c%11c%14c%15c%16c%17c%18c%14c%14c%19c(c-5c5c%14c%11c2C513)C6(C(F)(F)F)c1c2c3c5c(c1C%18%19C(F)(F)F)C%17(C(F)(F)F)c1c-5c5c6c%11c%14c(c-%10c%10c%11c%11c(c(c(c%17c%11c6c1C%16%17C(F)(F)F)C%158C(F)(F)F)C%134C(F)(F)F)C%12%10C(F)(F)F)C9(C(F)(F)F)C(=C3C5%14C(F)(F)F)C27C(F)(F)F. The minimum atomic E-state index is -7.28. The van der Waals surface area contributed by atoms with E-state index < -0.39 is 477 Å². The fraction of sp³-hybridized carbons (Fsp3) is 0.310. The molecule has 1 fully saturated rings. The quantitative estimate of drug-likeness (QED) is 0.0763. The number of allylic oxidation sites excluding steroid dienone is 2. The van der Waals surface area contributed by atoms with Gasteiger partial charge < -0.3 is 9.47 Å². The standard InChI is InChI=1S/C87H10F30O4/c1-3-120-63(118)77(64(119)121-4-2)75-33-7-8-14-18-17-13(7)39-49-26(33)27-35-9-15-19-22-30-6-10-5-11-16-12(6)42-56(71(49,84(106,107)108)48(27)37(15)65(30,42)78(88,89)90)57-43(16)67(80(94,95)96)38(11)47-24-21-25-54-61-60-46(21)70(47,83(103,104)105)59(58(67)44(17)68(39,57)81(97,98)99)45(18)69(60,82(100,101)102)40(14)50-28(34(8)75)29-36(76(35,75)77)20(9)23-32(19)73(86(112,113)114)52(22)41(10)66(31(5)24,79(91,92)93)55(25)62(73)74(54,87(115,116)117)53(23)51(29)72(50,61)85(109,110)111/h3-4H2,1-2H3. The number of carbonyl (C=O) groups excluding carboxylic acids is 2. The van der Waals surface area contributed by atoms with Crippen LogP contribution in [0.15, 0.2) is 5.57 Å². The zero-order chi connectivity index (χ0) is 83.0. The molecular weight excluding hydrogens is 1680 g/mol. The summed E-state index contributed by atoms with van der Waals surface area (Å²) in [4.78, 5) is 34.7. The van der Waals surface area contributed by atoms with Crippen LogP contribution in [-0.4, -0.2) is 86.9 Å². The zero-order valence-corrected chi connectivity index (χ0v) is 57.9. The lowest BCUT2D eigenvalue weighted by Crippen LogP contribution is -2.67. The third-order valence-corrected chi connectivity index (χ3v) is 37.3. The molecule has 0 N–H and O–H groups in total. The van der Waals surface area contributed by atoms with Crippen LogP contribution in [0.5, 0.6) is 0 Å². The second kappa shape index (κ2) is 13.2. The van der Waals surface area contributed by atoms with E-state index in [0.717, 1.165) is 13.8 Å². The smallest absolute Gasteiger partial charge is 0.406 e. The molecule has 38 rings (SSSR count). The number of hydrogen-bond donors (Lipinski definition) is 0. The number of benzene rings is 12. The second-order valence-corrected chi connectivity index (χ2v) is 37.9. The molecule has 34 heteroatoms. The molecule has 12 aromatic rings. The first-order valence-corrected chi connectivity index (χ1v) is 38.2. The maximum Gasteiger partial charge on any atom is 0.406 e. The lowest BCUT2D eigenvalue weighted by Gasteiger charge is -2.62. The van der Waals surface area contributed by atoms with Gasteiger partial charge in [0.25, 0.3) is 0 Å². The largest absolute Gasteiger partial charge is 0.465 e. The molecule has 0 aliphatic heterocycles. The number of rotatable bonds is 4. The molecule has 0 aromatic heterocycles. The summed E-state index contributed by atoms with van der Waals surface area (Å²) in [6.45, 7) is -0.0294. The van der Waals surface area contributed by atoms with Crippen LogP contribution in [0.3, 0.4) is 0 Å². The van der Waals surface area contributed by atoms with Crippen LogP contribution in [0.4, 0.5) is 132 Å². The van der Waals surface area contributed by atoms with Crippen LogP contribution in [0.25, 0.3) is 136 Å². The number of hydrogen-bond acceptors (Lipinski definition) is 4. The van der Waals surface area contributed by atoms with Gasteiger partial charge in [-0.2, -0.15) is 132 Å². The highest BCUT2D eigenvalue weighted by Gasteiger charge is 3.06. The third-order valence-electron chi connectivity index (χ3n) is 37.3. The predicted octanol–water partition coefficient (Wildman–Crippen LogP) is 21.2. The number of ether oxygens (including phenoxy) is 2. The van der Waals surface area contributed by atoms with Gasteiger partial charge in [-0.25, -0.2) is 0 Å². The topological polar surface area (TPSA) is 52.6 Å². The Balaban J connectivity index is 1.03. The van der Waals surface area contributed by atoms with Gasteiger partial charge in [0.05, 0.1) is 24.0 Å². The van der Waals surface area contributed by atoms with Gasteiger partial charge in [-0.05, 0) is 334 Å². The second-order valence-electron chi connectivity index (χ2n) is 37.9. The highest BCUT2D eigenvalue weighted by atomic mass is 19.4. The van der Waals surface area contributed by atoms with Crippen molar-refractivity contribution in [3.63, 3.8) is 0 Å². The first-order chi connectivity index (χ1) is 56.4. The Hall–Kier alpha value is -10.7. The van der Waals surface area contributed by atoms with E-state index in [4.69, 9.17) is 9.47 Å². The van der Waals surface area contributed by atoms with Gasteiger partial charge in [0.15, 0.2) is 5.41 Å². The summed E-state index contributed by atoms with van der Waals surface area (Å²) in [6, 6.07) is 0. The Labute approximate surface area is 639 Å². The van der Waals surface area contributed by atoms with Gasteiger partial charge in [0, 0.05) is 0 Å². The van der Waals surface area contributed by atoms with Crippen LogP contribution in [0, 0.1) is 5.41 Å². The van der Waals surface area contributed by atoms with Crippen LogP contribution >= 0.6 is 0 Å². The molecule has 0 radical (unpaired) electrons. The Morgan fingerprint density at radius 2 is 0.388 bits per heavy atom. The molecule has 0 bridgehead atoms. The third kappa shape index (κ3) is 3.42. The van der Waals surface area contributed by atoms with E-state index in [1.54, 1.807) is 0 Å². The molecule has 0 saturated heterocycles. The minimum Gasteiger partial charge on any atom is -0.465 e. The molecule has 2 spiro atoms. The van der Waals surface area contributed by atoms with Crippen molar-refractivity contribution >= 4 is 104 Å². The molecule has 12 unspecified atom stereocenters. The first kappa shape index (κ1) is 61.6. The van der Waals surface area contributed by atoms with Gasteiger partial charge in [0.1, 0.15) is 54.1 Å². The van der Waals surface area contributed by atoms with Gasteiger partial charge in [-0.15, -0.1) is 0 Å². The van der Waals surface area contributed by atoms with Crippen LogP contribution in [0.1, 0.15) is 192 Å². The van der Waals surface area contributed by atoms with Crippen molar-refractivity contribution in [3.05, 3.63) is 184 Å². The lowest BCUT2D eigenvalue weighted by atomic mass is 9.39. The Morgan fingerprint density at radius 3 is 0.719 bits per heavy atom. The normalized spacial score (nSPS) is 34.2. The van der Waals surface area contributed by atoms with E-state index in [9.17, 15) is 0 Å². The highest BCUT2D eigenvalue weighted by molar-refractivity contribution is 6.50. The Bertz CT molecular complexity index is 8830. The number of carbonyl (C=O) groups is 2. The molecule has 592 valence electrons. The van der Waals surface area contributed by atoms with E-state index in [2.05, 4.69) is 0 Å². The van der Waals surface area contributed by atoms with Crippen molar-refractivity contribution in [2.24, 2.45) is 5.41 Å². The number of alkyl halides is 30. The minimum absolute atomic E-state index is 1.02. The van der Waals surface area contributed by atoms with E-state index in [1.807, 2.05) is 0 Å². The first-order valence-electron chi connectivity index (χ1n) is 38.2. The fourth-order valence-corrected chi connectivity index (χ4v) is 37.5. The molecule has 0 heterocycles. The van der Waals surface area contributed by atoms with Crippen molar-refractivity contribution in [2.45, 2.75) is 141 Å². The molecule has 0 amide bonds. The Morgan fingerprint density at radius 1 is 0.198 bits per heavy atom. The van der Waals surface area contributed by atoms with Crippen molar-refractivity contribution in [1.82, 2.24) is 0 Å². The summed E-state index contributed by atoms with van der Waals surface area (Å²) < 4.78 is 620. The fourth-order valence-electron chi connectivity index (χ4n) is 37.5. The van der Waals surface area contributed by atoms with Crippen LogP contribution in [-0.2, 0) is 84.0 Å². The molecule has 4 nitrogen and oxygen atoms in total. The summed E-state index contributed by atoms with van der Waals surface area (Å²) in [5.74, 6) is -4.13. The van der Waals surface area contributed by atoms with Crippen molar-refractivity contribution < 1.29 is 151 Å². The van der Waals surface area contributed by atoms with Gasteiger partial charge in [0.2, 0.25) is 0 Å². The molecule has 12 aromatic carbocycles. The van der Waals surface area contributed by atoms with Gasteiger partial charge in [-0.3, -0.25) is 9.59 Å². The van der Waals surface area contributed by atoms with Gasteiger partial charge in [-0.1, -0.05) is 0 Å². The van der Waals surface area contributed by atoms with Crippen LogP contribution < -0.4 is 0 Å². The maximum atomic E-state index is 20.4. The monoisotopic (exact) mass is 1690 g/mol. The average Bonchev–Trinajstić information content (AvgIpc) is 1.34. The number of halogens is 30. The highest BCUT2D eigenvalue weighted by Crippen LogP contribution is 3.05. The van der Waals surface area contributed by atoms with E-state index >= 15 is 141 Å². The molecule has 26 aliphatic rings. The molecular formula is C87H10F30O4. The summed E-state index contributed by atoms with van der Waals surface area (Å²) in [6.07, 6.45) is -70.7. The van der Waals surface area contributed by atoms with E-state index in [0.29, 0.717) is 0 Å². The van der Waals surface area contributed by atoms with Crippen molar-refractivity contribution in [3.8, 4) is 44.5 Å². The number of esters is 2. The lowest BCUT2D eigenvalue weighted by molar-refractivity contribution is -0.201. The Kier molecular flexibility index (Phi) is 6.73. The summed E-state index contributed by atoms with van der Waals surface area (Å²) >= 11 is 0.